The molecule has 0 aromatic carbocycles. The molecule has 0 amide bonds. The van der Waals surface area contributed by atoms with E-state index < -0.39 is 0 Å². The quantitative estimate of drug-likeness (QED) is 0.563. The van der Waals surface area contributed by atoms with E-state index in [-0.39, 0.29) is 40.1 Å². The predicted octanol–water partition coefficient (Wildman–Crippen LogP) is 0.835. The minimum absolute atomic E-state index is 0. The first-order chi connectivity index (χ1) is 1.91. The Hall–Kier alpha value is 1.06. The summed E-state index contributed by atoms with van der Waals surface area (Å²) in [6, 6.07) is 0. The van der Waals surface area contributed by atoms with Crippen LogP contribution in [0.2, 0.25) is 0 Å². The maximum Gasteiger partial charge on any atom is 0 e. The van der Waals surface area contributed by atoms with Crippen molar-refractivity contribution >= 4 is 0 Å². The van der Waals surface area contributed by atoms with Gasteiger partial charge in [0.1, 0.15) is 0 Å². The van der Waals surface area contributed by atoms with Gasteiger partial charge in [0.25, 0.3) is 0 Å². The number of rotatable bonds is 1. The Kier molecular flexibility index (Phi) is 43.4. The van der Waals surface area contributed by atoms with Crippen LogP contribution in [0.15, 0.2) is 0 Å². The summed E-state index contributed by atoms with van der Waals surface area (Å²) in [6.45, 7) is 2.97. The van der Waals surface area contributed by atoms with Gasteiger partial charge in [0, 0.05) is 32.7 Å². The second-order valence-corrected chi connectivity index (χ2v) is 0.604. The van der Waals surface area contributed by atoms with Crippen molar-refractivity contribution in [1.82, 2.24) is 5.32 Å². The van der Waals surface area contributed by atoms with Crippen LogP contribution in [0.1, 0.15) is 6.92 Å². The fourth-order valence-corrected chi connectivity index (χ4v) is 0. The van der Waals surface area contributed by atoms with Crippen molar-refractivity contribution in [3.63, 3.8) is 0 Å². The van der Waals surface area contributed by atoms with Gasteiger partial charge in [-0.2, -0.15) is 0 Å². The standard InChI is InChI=1S/C3H8N.CH3.Y/c1-3-4-2;;/h4H,2-3H2,1H3;1H3;/q2*-1;. The van der Waals surface area contributed by atoms with Crippen LogP contribution >= 0.6 is 0 Å². The topological polar surface area (TPSA) is 12.0 Å². The summed E-state index contributed by atoms with van der Waals surface area (Å²) in [4.78, 5) is 0. The Morgan fingerprint density at radius 3 is 1.83 bits per heavy atom. The molecule has 0 saturated carbocycles. The maximum atomic E-state index is 3.35. The largest absolute Gasteiger partial charge is 0.473 e. The summed E-state index contributed by atoms with van der Waals surface area (Å²) in [5, 5.41) is 2.68. The second kappa shape index (κ2) is 16.6. The van der Waals surface area contributed by atoms with Crippen molar-refractivity contribution in [3.8, 4) is 0 Å². The molecule has 0 aliphatic rings. The monoisotopic (exact) mass is 162 g/mol. The molecule has 1 N–H and O–H groups in total. The van der Waals surface area contributed by atoms with Crippen molar-refractivity contribution in [1.29, 1.82) is 0 Å². The number of nitrogens with one attached hydrogen (secondary N) is 1. The summed E-state index contributed by atoms with van der Waals surface area (Å²) in [6.07, 6.45) is 0. The van der Waals surface area contributed by atoms with E-state index in [2.05, 4.69) is 12.4 Å². The molecule has 37 valence electrons. The first-order valence-corrected chi connectivity index (χ1v) is 1.41. The molecule has 0 unspecified atom stereocenters. The van der Waals surface area contributed by atoms with Crippen LogP contribution in [0.4, 0.5) is 0 Å². The summed E-state index contributed by atoms with van der Waals surface area (Å²) in [5.74, 6) is 0. The molecular weight excluding hydrogens is 151 g/mol. The Bertz CT molecular complexity index is 9.51. The van der Waals surface area contributed by atoms with Crippen molar-refractivity contribution < 1.29 is 32.7 Å². The summed E-state index contributed by atoms with van der Waals surface area (Å²) in [7, 11) is 3.35. The molecule has 0 rings (SSSR count). The third kappa shape index (κ3) is 19.6. The zero-order chi connectivity index (χ0) is 3.41. The van der Waals surface area contributed by atoms with Crippen LogP contribution in [-0.2, 0) is 32.7 Å². The van der Waals surface area contributed by atoms with Crippen LogP contribution in [0.25, 0.3) is 0 Å². The van der Waals surface area contributed by atoms with Crippen LogP contribution in [0.5, 0.6) is 0 Å². The SMILES string of the molecule is [CH2-]NCC.[CH3-].[Y]. The molecule has 0 aliphatic carbocycles. The van der Waals surface area contributed by atoms with Crippen molar-refractivity contribution in [2.75, 3.05) is 6.54 Å². The van der Waals surface area contributed by atoms with E-state index in [1.165, 1.54) is 0 Å². The molecule has 0 saturated heterocycles. The zero-order valence-corrected chi connectivity index (χ0v) is 7.33. The van der Waals surface area contributed by atoms with Crippen molar-refractivity contribution in [2.45, 2.75) is 6.92 Å². The predicted molar refractivity (Wildman–Crippen MR) is 25.4 cm³/mol. The van der Waals surface area contributed by atoms with Crippen LogP contribution in [0, 0.1) is 14.5 Å². The van der Waals surface area contributed by atoms with Crippen molar-refractivity contribution in [2.24, 2.45) is 0 Å². The fraction of sp³-hybridized carbons (Fsp3) is 0.500. The van der Waals surface area contributed by atoms with Crippen LogP contribution in [-0.4, -0.2) is 6.54 Å². The second-order valence-electron chi connectivity index (χ2n) is 0.604. The minimum atomic E-state index is 0. The smallest absolute Gasteiger partial charge is 0 e. The third-order valence-electron chi connectivity index (χ3n) is 0.250. The van der Waals surface area contributed by atoms with Gasteiger partial charge in [-0.3, -0.25) is 7.05 Å². The molecule has 0 aromatic rings. The van der Waals surface area contributed by atoms with Gasteiger partial charge < -0.3 is 12.7 Å². The molecule has 1 nitrogen and oxygen atoms in total. The zero-order valence-electron chi connectivity index (χ0n) is 4.49. The van der Waals surface area contributed by atoms with E-state index in [1.807, 2.05) is 6.92 Å². The minimum Gasteiger partial charge on any atom is -0.473 e. The van der Waals surface area contributed by atoms with Gasteiger partial charge in [0.15, 0.2) is 0 Å². The molecule has 6 heavy (non-hydrogen) atoms. The molecule has 0 bridgehead atoms. The molecule has 0 aliphatic heterocycles. The van der Waals surface area contributed by atoms with Gasteiger partial charge >= 0.3 is 0 Å². The van der Waals surface area contributed by atoms with Gasteiger partial charge in [-0.15, -0.1) is 0 Å². The van der Waals surface area contributed by atoms with E-state index in [4.69, 9.17) is 0 Å². The number of hydrogen-bond donors (Lipinski definition) is 1. The van der Waals surface area contributed by atoms with E-state index in [9.17, 15) is 0 Å². The average Bonchev–Trinajstić information content (AvgIpc) is 1.37. The Morgan fingerprint density at radius 2 is 1.83 bits per heavy atom. The van der Waals surface area contributed by atoms with Gasteiger partial charge in [0.2, 0.25) is 0 Å². The first-order valence-electron chi connectivity index (χ1n) is 1.41. The normalized spacial score (nSPS) is 5.00. The van der Waals surface area contributed by atoms with E-state index in [0.717, 1.165) is 6.54 Å². The van der Waals surface area contributed by atoms with Crippen molar-refractivity contribution in [3.05, 3.63) is 14.5 Å². The Balaban J connectivity index is -0.0000000450. The third-order valence-corrected chi connectivity index (χ3v) is 0.250. The van der Waals surface area contributed by atoms with Gasteiger partial charge in [-0.05, 0) is 6.54 Å². The number of hydrogen-bond acceptors (Lipinski definition) is 1. The summed E-state index contributed by atoms with van der Waals surface area (Å²) >= 11 is 0. The van der Waals surface area contributed by atoms with Gasteiger partial charge in [-0.25, -0.2) is 0 Å². The summed E-state index contributed by atoms with van der Waals surface area (Å²) < 4.78 is 0. The molecule has 0 fully saturated rings. The Labute approximate surface area is 65.8 Å². The molecular formula is C4H11NY-2. The fourth-order valence-electron chi connectivity index (χ4n) is 0. The van der Waals surface area contributed by atoms with E-state index in [1.54, 1.807) is 0 Å². The summed E-state index contributed by atoms with van der Waals surface area (Å²) in [5.41, 5.74) is 0. The average molecular weight is 162 g/mol. The van der Waals surface area contributed by atoms with Crippen LogP contribution < -0.4 is 5.32 Å². The van der Waals surface area contributed by atoms with E-state index in [0.29, 0.717) is 0 Å². The van der Waals surface area contributed by atoms with Gasteiger partial charge in [0.05, 0.1) is 0 Å². The van der Waals surface area contributed by atoms with Gasteiger partial charge in [-0.1, -0.05) is 6.92 Å². The Morgan fingerprint density at radius 1 is 1.67 bits per heavy atom. The molecule has 0 atom stereocenters. The molecule has 1 radical (unpaired) electrons. The van der Waals surface area contributed by atoms with E-state index >= 15 is 0 Å². The first kappa shape index (κ1) is 15.7. The maximum absolute atomic E-state index is 3.35. The molecule has 0 spiro atoms. The van der Waals surface area contributed by atoms with Crippen LogP contribution in [0.3, 0.4) is 0 Å². The molecule has 0 aromatic heterocycles. The molecule has 0 heterocycles. The molecule has 2 heteroatoms.